The molecule has 3 heteroatoms. The predicted molar refractivity (Wildman–Crippen MR) is 55.4 cm³/mol. The molecule has 82 valence electrons. The quantitative estimate of drug-likeness (QED) is 0.724. The first-order chi connectivity index (χ1) is 6.86. The molecule has 0 saturated carbocycles. The fourth-order valence-electron chi connectivity index (χ4n) is 2.25. The Labute approximate surface area is 86.2 Å². The second-order valence-electron chi connectivity index (χ2n) is 4.46. The van der Waals surface area contributed by atoms with Gasteiger partial charge in [0.2, 0.25) is 0 Å². The lowest BCUT2D eigenvalue weighted by Gasteiger charge is -2.34. The molecule has 0 aromatic heterocycles. The van der Waals surface area contributed by atoms with E-state index in [4.69, 9.17) is 9.47 Å². The van der Waals surface area contributed by atoms with Crippen molar-refractivity contribution in [2.45, 2.75) is 38.4 Å². The van der Waals surface area contributed by atoms with Crippen LogP contribution in [0.15, 0.2) is 0 Å². The number of nitrogens with one attached hydrogen (secondary N) is 1. The molecule has 2 fully saturated rings. The maximum absolute atomic E-state index is 6.12. The summed E-state index contributed by atoms with van der Waals surface area (Å²) in [6.45, 7) is 6.25. The van der Waals surface area contributed by atoms with Gasteiger partial charge in [-0.1, -0.05) is 6.92 Å². The molecule has 0 radical (unpaired) electrons. The summed E-state index contributed by atoms with van der Waals surface area (Å²) in [6.07, 6.45) is 4.25. The predicted octanol–water partition coefficient (Wildman–Crippen LogP) is 1.18. The van der Waals surface area contributed by atoms with Crippen LogP contribution in [-0.4, -0.2) is 38.5 Å². The highest BCUT2D eigenvalue weighted by Crippen LogP contribution is 2.20. The van der Waals surface area contributed by atoms with Crippen molar-refractivity contribution in [1.82, 2.24) is 5.32 Å². The standard InChI is InChI=1S/C11H21NO2/c1-9-8-12-5-2-11(9)14-10-3-6-13-7-4-10/h9-12H,2-8H2,1H3. The summed E-state index contributed by atoms with van der Waals surface area (Å²) in [5, 5.41) is 3.40. The smallest absolute Gasteiger partial charge is 0.0628 e. The topological polar surface area (TPSA) is 30.5 Å². The Kier molecular flexibility index (Phi) is 3.79. The molecule has 14 heavy (non-hydrogen) atoms. The second-order valence-corrected chi connectivity index (χ2v) is 4.46. The minimum atomic E-state index is 0.453. The fourth-order valence-corrected chi connectivity index (χ4v) is 2.25. The lowest BCUT2D eigenvalue weighted by molar-refractivity contribution is -0.0917. The normalized spacial score (nSPS) is 35.8. The van der Waals surface area contributed by atoms with Crippen LogP contribution in [0.4, 0.5) is 0 Å². The van der Waals surface area contributed by atoms with Gasteiger partial charge in [0.25, 0.3) is 0 Å². The SMILES string of the molecule is CC1CNCCC1OC1CCOCC1. The number of rotatable bonds is 2. The molecule has 0 aromatic carbocycles. The van der Waals surface area contributed by atoms with Crippen molar-refractivity contribution in [3.63, 3.8) is 0 Å². The van der Waals surface area contributed by atoms with E-state index < -0.39 is 0 Å². The summed E-state index contributed by atoms with van der Waals surface area (Å²) in [6, 6.07) is 0. The van der Waals surface area contributed by atoms with Crippen LogP contribution in [0.5, 0.6) is 0 Å². The van der Waals surface area contributed by atoms with Crippen LogP contribution in [0, 0.1) is 5.92 Å². The van der Waals surface area contributed by atoms with E-state index in [0.29, 0.717) is 18.1 Å². The summed E-state index contributed by atoms with van der Waals surface area (Å²) in [7, 11) is 0. The Balaban J connectivity index is 1.76. The molecule has 0 amide bonds. The number of hydrogen-bond donors (Lipinski definition) is 1. The van der Waals surface area contributed by atoms with Crippen LogP contribution in [-0.2, 0) is 9.47 Å². The van der Waals surface area contributed by atoms with Crippen molar-refractivity contribution in [2.75, 3.05) is 26.3 Å². The molecule has 2 atom stereocenters. The van der Waals surface area contributed by atoms with Gasteiger partial charge in [0.05, 0.1) is 12.2 Å². The summed E-state index contributed by atoms with van der Waals surface area (Å²) < 4.78 is 11.4. The van der Waals surface area contributed by atoms with Crippen LogP contribution in [0.3, 0.4) is 0 Å². The highest BCUT2D eigenvalue weighted by molar-refractivity contribution is 4.77. The number of hydrogen-bond acceptors (Lipinski definition) is 3. The number of piperidine rings is 1. The first kappa shape index (κ1) is 10.4. The Bertz CT molecular complexity index is 169. The average Bonchev–Trinajstić information content (AvgIpc) is 2.23. The first-order valence-corrected chi connectivity index (χ1v) is 5.80. The highest BCUT2D eigenvalue weighted by Gasteiger charge is 2.25. The van der Waals surface area contributed by atoms with E-state index in [1.165, 1.54) is 6.42 Å². The molecular weight excluding hydrogens is 178 g/mol. The minimum Gasteiger partial charge on any atom is -0.381 e. The molecular formula is C11H21NO2. The van der Waals surface area contributed by atoms with Crippen LogP contribution in [0.25, 0.3) is 0 Å². The lowest BCUT2D eigenvalue weighted by atomic mass is 9.97. The molecule has 2 aliphatic rings. The Morgan fingerprint density at radius 2 is 2.00 bits per heavy atom. The van der Waals surface area contributed by atoms with Crippen LogP contribution >= 0.6 is 0 Å². The molecule has 0 bridgehead atoms. The Hall–Kier alpha value is -0.120. The van der Waals surface area contributed by atoms with Crippen molar-refractivity contribution in [2.24, 2.45) is 5.92 Å². The van der Waals surface area contributed by atoms with E-state index >= 15 is 0 Å². The molecule has 1 N–H and O–H groups in total. The van der Waals surface area contributed by atoms with Gasteiger partial charge in [-0.05, 0) is 31.7 Å². The molecule has 2 rings (SSSR count). The van der Waals surface area contributed by atoms with Crippen molar-refractivity contribution in [1.29, 1.82) is 0 Å². The lowest BCUT2D eigenvalue weighted by Crippen LogP contribution is -2.42. The third-order valence-corrected chi connectivity index (χ3v) is 3.24. The molecule has 2 unspecified atom stereocenters. The van der Waals surface area contributed by atoms with Gasteiger partial charge < -0.3 is 14.8 Å². The molecule has 2 heterocycles. The van der Waals surface area contributed by atoms with Gasteiger partial charge in [-0.3, -0.25) is 0 Å². The fraction of sp³-hybridized carbons (Fsp3) is 1.00. The van der Waals surface area contributed by atoms with Gasteiger partial charge in [-0.25, -0.2) is 0 Å². The van der Waals surface area contributed by atoms with Gasteiger partial charge in [0.1, 0.15) is 0 Å². The first-order valence-electron chi connectivity index (χ1n) is 5.80. The van der Waals surface area contributed by atoms with Crippen LogP contribution < -0.4 is 5.32 Å². The van der Waals surface area contributed by atoms with Gasteiger partial charge in [0.15, 0.2) is 0 Å². The van der Waals surface area contributed by atoms with E-state index in [9.17, 15) is 0 Å². The maximum Gasteiger partial charge on any atom is 0.0628 e. The third-order valence-electron chi connectivity index (χ3n) is 3.24. The van der Waals surface area contributed by atoms with Crippen molar-refractivity contribution in [3.05, 3.63) is 0 Å². The molecule has 0 aliphatic carbocycles. The Morgan fingerprint density at radius 1 is 1.21 bits per heavy atom. The maximum atomic E-state index is 6.12. The van der Waals surface area contributed by atoms with Crippen LogP contribution in [0.1, 0.15) is 26.2 Å². The zero-order valence-electron chi connectivity index (χ0n) is 9.00. The van der Waals surface area contributed by atoms with E-state index in [1.54, 1.807) is 0 Å². The zero-order chi connectivity index (χ0) is 9.80. The molecule has 0 spiro atoms. The van der Waals surface area contributed by atoms with Crippen LogP contribution in [0.2, 0.25) is 0 Å². The third kappa shape index (κ3) is 2.69. The summed E-state index contributed by atoms with van der Waals surface area (Å²) >= 11 is 0. The molecule has 2 saturated heterocycles. The van der Waals surface area contributed by atoms with Gasteiger partial charge in [-0.2, -0.15) is 0 Å². The Morgan fingerprint density at radius 3 is 2.71 bits per heavy atom. The zero-order valence-corrected chi connectivity index (χ0v) is 9.00. The van der Waals surface area contributed by atoms with E-state index in [-0.39, 0.29) is 0 Å². The average molecular weight is 199 g/mol. The van der Waals surface area contributed by atoms with E-state index in [2.05, 4.69) is 12.2 Å². The second kappa shape index (κ2) is 5.10. The van der Waals surface area contributed by atoms with Crippen molar-refractivity contribution in [3.8, 4) is 0 Å². The largest absolute Gasteiger partial charge is 0.381 e. The number of ether oxygens (including phenoxy) is 2. The van der Waals surface area contributed by atoms with Gasteiger partial charge >= 0.3 is 0 Å². The van der Waals surface area contributed by atoms with E-state index in [0.717, 1.165) is 39.1 Å². The highest BCUT2D eigenvalue weighted by atomic mass is 16.5. The van der Waals surface area contributed by atoms with Crippen molar-refractivity contribution >= 4 is 0 Å². The minimum absolute atomic E-state index is 0.453. The monoisotopic (exact) mass is 199 g/mol. The molecule has 2 aliphatic heterocycles. The van der Waals surface area contributed by atoms with E-state index in [1.807, 2.05) is 0 Å². The summed E-state index contributed by atoms with van der Waals surface area (Å²) in [5.74, 6) is 0.659. The van der Waals surface area contributed by atoms with Gasteiger partial charge in [0, 0.05) is 19.8 Å². The summed E-state index contributed by atoms with van der Waals surface area (Å²) in [5.41, 5.74) is 0. The van der Waals surface area contributed by atoms with Gasteiger partial charge in [-0.15, -0.1) is 0 Å². The molecule has 0 aromatic rings. The molecule has 3 nitrogen and oxygen atoms in total. The summed E-state index contributed by atoms with van der Waals surface area (Å²) in [4.78, 5) is 0. The van der Waals surface area contributed by atoms with Crippen molar-refractivity contribution < 1.29 is 9.47 Å².